The van der Waals surface area contributed by atoms with E-state index in [1.165, 1.54) is 7.11 Å². The Balaban J connectivity index is 1.89. The molecule has 19 heavy (non-hydrogen) atoms. The van der Waals surface area contributed by atoms with Crippen molar-refractivity contribution in [2.45, 2.75) is 50.6 Å². The molecule has 4 atom stereocenters. The molecule has 7 heteroatoms. The zero-order valence-corrected chi connectivity index (χ0v) is 11.4. The molecule has 0 aromatic heterocycles. The monoisotopic (exact) mass is 275 g/mol. The maximum atomic E-state index is 11.0. The maximum absolute atomic E-state index is 11.0. The van der Waals surface area contributed by atoms with E-state index in [2.05, 4.69) is 10.1 Å². The summed E-state index contributed by atoms with van der Waals surface area (Å²) in [6.45, 7) is 3.94. The number of esters is 1. The Hall–Kier alpha value is -0.730. The molecule has 0 aromatic carbocycles. The first-order valence-corrected chi connectivity index (χ1v) is 6.39. The highest BCUT2D eigenvalue weighted by atomic mass is 16.8. The quantitative estimate of drug-likeness (QED) is 0.646. The van der Waals surface area contributed by atoms with Crippen molar-refractivity contribution in [2.24, 2.45) is 0 Å². The van der Waals surface area contributed by atoms with Crippen LogP contribution in [0.25, 0.3) is 0 Å². The third-order valence-corrected chi connectivity index (χ3v) is 3.23. The lowest BCUT2D eigenvalue weighted by atomic mass is 10.1. The Morgan fingerprint density at radius 2 is 2.05 bits per heavy atom. The molecule has 2 N–H and O–H groups in total. The zero-order valence-electron chi connectivity index (χ0n) is 11.4. The average Bonchev–Trinajstić information content (AvgIpc) is 2.83. The Kier molecular flexibility index (Phi) is 4.42. The number of methoxy groups -OCH3 is 1. The van der Waals surface area contributed by atoms with Crippen LogP contribution in [-0.4, -0.2) is 61.7 Å². The van der Waals surface area contributed by atoms with E-state index in [0.29, 0.717) is 6.54 Å². The second-order valence-corrected chi connectivity index (χ2v) is 5.12. The van der Waals surface area contributed by atoms with Gasteiger partial charge in [-0.3, -0.25) is 10.1 Å². The molecular formula is C12H21NO6. The molecule has 0 spiro atoms. The van der Waals surface area contributed by atoms with Gasteiger partial charge >= 0.3 is 5.97 Å². The molecule has 0 aliphatic carbocycles. The van der Waals surface area contributed by atoms with Crippen LogP contribution in [0.4, 0.5) is 0 Å². The normalized spacial score (nSPS) is 36.2. The lowest BCUT2D eigenvalue weighted by Crippen LogP contribution is -2.41. The summed E-state index contributed by atoms with van der Waals surface area (Å²) in [7, 11) is 1.35. The number of rotatable bonds is 5. The largest absolute Gasteiger partial charge is 0.469 e. The van der Waals surface area contributed by atoms with Crippen LogP contribution in [0.2, 0.25) is 0 Å². The van der Waals surface area contributed by atoms with Gasteiger partial charge in [-0.1, -0.05) is 0 Å². The molecule has 2 heterocycles. The Morgan fingerprint density at radius 3 is 2.68 bits per heavy atom. The van der Waals surface area contributed by atoms with Gasteiger partial charge in [0.15, 0.2) is 5.79 Å². The van der Waals surface area contributed by atoms with Gasteiger partial charge in [-0.15, -0.1) is 0 Å². The molecule has 2 aliphatic heterocycles. The van der Waals surface area contributed by atoms with Gasteiger partial charge in [-0.2, -0.15) is 0 Å². The fraction of sp³-hybridized carbons (Fsp3) is 0.917. The summed E-state index contributed by atoms with van der Waals surface area (Å²) >= 11 is 0. The first-order chi connectivity index (χ1) is 8.96. The maximum Gasteiger partial charge on any atom is 0.306 e. The number of carbonyl (C=O) groups excluding carboxylic acids is 1. The minimum Gasteiger partial charge on any atom is -0.469 e. The number of hydrogen-bond donors (Lipinski definition) is 2. The van der Waals surface area contributed by atoms with Gasteiger partial charge in [0.1, 0.15) is 24.5 Å². The lowest BCUT2D eigenvalue weighted by Gasteiger charge is -2.23. The molecule has 0 saturated carbocycles. The molecule has 0 amide bonds. The summed E-state index contributed by atoms with van der Waals surface area (Å²) in [6, 6.07) is 0. The summed E-state index contributed by atoms with van der Waals surface area (Å²) in [5.74, 6) is -0.973. The van der Waals surface area contributed by atoms with Gasteiger partial charge in [0.2, 0.25) is 0 Å². The third kappa shape index (κ3) is 3.24. The van der Waals surface area contributed by atoms with Gasteiger partial charge in [-0.05, 0) is 13.8 Å². The molecule has 0 radical (unpaired) electrons. The SMILES string of the molecule is COC(=O)CCNC1O[C@H](CO)[C@H]2OC(C)(C)O[C@@H]12. The van der Waals surface area contributed by atoms with Gasteiger partial charge in [0, 0.05) is 6.54 Å². The second kappa shape index (κ2) is 5.72. The number of fused-ring (bicyclic) bond motifs is 1. The number of nitrogens with one attached hydrogen (secondary N) is 1. The molecular weight excluding hydrogens is 254 g/mol. The number of carbonyl (C=O) groups is 1. The highest BCUT2D eigenvalue weighted by Gasteiger charge is 2.54. The first-order valence-electron chi connectivity index (χ1n) is 6.39. The van der Waals surface area contributed by atoms with Gasteiger partial charge in [0.25, 0.3) is 0 Å². The highest BCUT2D eigenvalue weighted by Crippen LogP contribution is 2.37. The van der Waals surface area contributed by atoms with Crippen molar-refractivity contribution in [2.75, 3.05) is 20.3 Å². The predicted molar refractivity (Wildman–Crippen MR) is 64.2 cm³/mol. The zero-order chi connectivity index (χ0) is 14.0. The van der Waals surface area contributed by atoms with Gasteiger partial charge in [0.05, 0.1) is 20.1 Å². The van der Waals surface area contributed by atoms with Crippen LogP contribution in [0.5, 0.6) is 0 Å². The minimum atomic E-state index is -0.686. The topological polar surface area (TPSA) is 86.3 Å². The fourth-order valence-corrected chi connectivity index (χ4v) is 2.41. The summed E-state index contributed by atoms with van der Waals surface area (Å²) in [5, 5.41) is 12.4. The Labute approximate surface area is 112 Å². The predicted octanol–water partition coefficient (Wildman–Crippen LogP) is -0.624. The molecule has 110 valence electrons. The van der Waals surface area contributed by atoms with E-state index < -0.39 is 18.1 Å². The number of aliphatic hydroxyl groups is 1. The van der Waals surface area contributed by atoms with Crippen molar-refractivity contribution in [3.05, 3.63) is 0 Å². The van der Waals surface area contributed by atoms with Crippen molar-refractivity contribution in [1.82, 2.24) is 5.32 Å². The summed E-state index contributed by atoms with van der Waals surface area (Å²) in [4.78, 5) is 11.0. The molecule has 2 rings (SSSR count). The molecule has 0 bridgehead atoms. The molecule has 2 aliphatic rings. The van der Waals surface area contributed by atoms with E-state index in [4.69, 9.17) is 14.2 Å². The van der Waals surface area contributed by atoms with Crippen LogP contribution < -0.4 is 5.32 Å². The number of hydrogen-bond acceptors (Lipinski definition) is 7. The first kappa shape index (κ1) is 14.7. The van der Waals surface area contributed by atoms with E-state index in [1.807, 2.05) is 13.8 Å². The molecule has 7 nitrogen and oxygen atoms in total. The minimum absolute atomic E-state index is 0.129. The van der Waals surface area contributed by atoms with Crippen molar-refractivity contribution in [3.8, 4) is 0 Å². The van der Waals surface area contributed by atoms with Crippen molar-refractivity contribution in [1.29, 1.82) is 0 Å². The Morgan fingerprint density at radius 1 is 1.37 bits per heavy atom. The van der Waals surface area contributed by atoms with E-state index in [9.17, 15) is 9.90 Å². The smallest absolute Gasteiger partial charge is 0.306 e. The van der Waals surface area contributed by atoms with Crippen LogP contribution in [0.3, 0.4) is 0 Å². The van der Waals surface area contributed by atoms with Crippen LogP contribution in [-0.2, 0) is 23.7 Å². The molecule has 2 saturated heterocycles. The van der Waals surface area contributed by atoms with E-state index in [0.717, 1.165) is 0 Å². The van der Waals surface area contributed by atoms with Crippen molar-refractivity contribution >= 4 is 5.97 Å². The van der Waals surface area contributed by atoms with Gasteiger partial charge < -0.3 is 24.1 Å². The summed E-state index contributed by atoms with van der Waals surface area (Å²) < 4.78 is 21.7. The molecule has 2 fully saturated rings. The number of aliphatic hydroxyl groups excluding tert-OH is 1. The fourth-order valence-electron chi connectivity index (χ4n) is 2.41. The van der Waals surface area contributed by atoms with E-state index in [1.54, 1.807) is 0 Å². The molecule has 0 aromatic rings. The van der Waals surface area contributed by atoms with E-state index in [-0.39, 0.29) is 31.2 Å². The standard InChI is InChI=1S/C12H21NO6/c1-12(2)18-9-7(6-14)17-11(10(9)19-12)13-5-4-8(15)16-3/h7,9-11,13-14H,4-6H2,1-3H3/t7-,9-,10-,11?/m1/s1. The highest BCUT2D eigenvalue weighted by molar-refractivity contribution is 5.69. The summed E-state index contributed by atoms with van der Waals surface area (Å²) in [6.07, 6.45) is -1.14. The Bertz CT molecular complexity index is 334. The van der Waals surface area contributed by atoms with E-state index >= 15 is 0 Å². The van der Waals surface area contributed by atoms with Crippen LogP contribution in [0.1, 0.15) is 20.3 Å². The molecule has 1 unspecified atom stereocenters. The second-order valence-electron chi connectivity index (χ2n) is 5.12. The van der Waals surface area contributed by atoms with Crippen LogP contribution >= 0.6 is 0 Å². The van der Waals surface area contributed by atoms with Crippen LogP contribution in [0.15, 0.2) is 0 Å². The number of ether oxygens (including phenoxy) is 4. The average molecular weight is 275 g/mol. The van der Waals surface area contributed by atoms with Crippen LogP contribution in [0, 0.1) is 0 Å². The lowest BCUT2D eigenvalue weighted by molar-refractivity contribution is -0.193. The summed E-state index contributed by atoms with van der Waals surface area (Å²) in [5.41, 5.74) is 0. The van der Waals surface area contributed by atoms with Crippen molar-refractivity contribution < 1.29 is 28.8 Å². The third-order valence-electron chi connectivity index (χ3n) is 3.23. The van der Waals surface area contributed by atoms with Crippen molar-refractivity contribution in [3.63, 3.8) is 0 Å². The van der Waals surface area contributed by atoms with Gasteiger partial charge in [-0.25, -0.2) is 0 Å².